The third kappa shape index (κ3) is 2.13. The van der Waals surface area contributed by atoms with Crippen LogP contribution in [0.2, 0.25) is 0 Å². The number of carbonyl (C=O) groups is 1. The monoisotopic (exact) mass is 251 g/mol. The number of hydrogen-bond acceptors (Lipinski definition) is 2. The first-order chi connectivity index (χ1) is 9.36. The van der Waals surface area contributed by atoms with E-state index in [-0.39, 0.29) is 6.03 Å². The van der Waals surface area contributed by atoms with Gasteiger partial charge < -0.3 is 0 Å². The molecule has 1 aliphatic rings. The molecule has 5 nitrogen and oxygen atoms in total. The van der Waals surface area contributed by atoms with Gasteiger partial charge in [0.05, 0.1) is 11.4 Å². The van der Waals surface area contributed by atoms with Crippen molar-refractivity contribution in [3.05, 3.63) is 60.7 Å². The SMILES string of the molecule is O=C1N(c2ccccc2)[N]C=NN1c1ccccc1. The van der Waals surface area contributed by atoms with Gasteiger partial charge in [-0.25, -0.2) is 4.79 Å². The van der Waals surface area contributed by atoms with Crippen LogP contribution in [0.5, 0.6) is 0 Å². The number of carbonyl (C=O) groups excluding carboxylic acids is 1. The summed E-state index contributed by atoms with van der Waals surface area (Å²) in [4.78, 5) is 12.4. The lowest BCUT2D eigenvalue weighted by Gasteiger charge is -2.28. The summed E-state index contributed by atoms with van der Waals surface area (Å²) >= 11 is 0. The molecule has 2 amide bonds. The van der Waals surface area contributed by atoms with E-state index >= 15 is 0 Å². The summed E-state index contributed by atoms with van der Waals surface area (Å²) in [6.45, 7) is 0. The molecule has 0 atom stereocenters. The van der Waals surface area contributed by atoms with E-state index in [2.05, 4.69) is 10.5 Å². The fourth-order valence-corrected chi connectivity index (χ4v) is 1.81. The minimum absolute atomic E-state index is 0.306. The molecule has 0 saturated carbocycles. The third-order valence-electron chi connectivity index (χ3n) is 2.70. The van der Waals surface area contributed by atoms with Gasteiger partial charge in [-0.3, -0.25) is 0 Å². The maximum absolute atomic E-state index is 12.4. The predicted molar refractivity (Wildman–Crippen MR) is 73.9 cm³/mol. The molecule has 3 rings (SSSR count). The first-order valence-electron chi connectivity index (χ1n) is 5.84. The molecule has 0 fully saturated rings. The van der Waals surface area contributed by atoms with Crippen LogP contribution in [0.15, 0.2) is 65.8 Å². The second kappa shape index (κ2) is 4.81. The van der Waals surface area contributed by atoms with Crippen molar-refractivity contribution >= 4 is 23.7 Å². The largest absolute Gasteiger partial charge is 0.370 e. The Hall–Kier alpha value is -2.82. The van der Waals surface area contributed by atoms with Crippen LogP contribution in [0.3, 0.4) is 0 Å². The van der Waals surface area contributed by atoms with Crippen molar-refractivity contribution in [1.29, 1.82) is 0 Å². The molecule has 2 aromatic carbocycles. The number of nitrogens with zero attached hydrogens (tertiary/aromatic N) is 4. The average Bonchev–Trinajstić information content (AvgIpc) is 2.49. The summed E-state index contributed by atoms with van der Waals surface area (Å²) in [6, 6.07) is 18.2. The van der Waals surface area contributed by atoms with E-state index in [1.54, 1.807) is 0 Å². The maximum Gasteiger partial charge on any atom is 0.370 e. The smallest absolute Gasteiger partial charge is 0.244 e. The van der Waals surface area contributed by atoms with Crippen molar-refractivity contribution in [2.45, 2.75) is 0 Å². The summed E-state index contributed by atoms with van der Waals surface area (Å²) in [5.74, 6) is 0. The highest BCUT2D eigenvalue weighted by molar-refractivity contribution is 6.05. The van der Waals surface area contributed by atoms with E-state index in [0.29, 0.717) is 11.4 Å². The minimum atomic E-state index is -0.306. The zero-order valence-electron chi connectivity index (χ0n) is 10.0. The van der Waals surface area contributed by atoms with Crippen LogP contribution in [0.1, 0.15) is 0 Å². The molecule has 5 heteroatoms. The van der Waals surface area contributed by atoms with Gasteiger partial charge in [-0.2, -0.15) is 10.0 Å². The molecular weight excluding hydrogens is 240 g/mol. The molecule has 1 heterocycles. The number of hydrogen-bond donors (Lipinski definition) is 0. The topological polar surface area (TPSA) is 50.0 Å². The van der Waals surface area contributed by atoms with Crippen LogP contribution in [-0.4, -0.2) is 12.4 Å². The fraction of sp³-hybridized carbons (Fsp3) is 0. The zero-order valence-corrected chi connectivity index (χ0v) is 10.0. The molecule has 0 unspecified atom stereocenters. The second-order valence-corrected chi connectivity index (χ2v) is 3.92. The van der Waals surface area contributed by atoms with Gasteiger partial charge in [0.1, 0.15) is 0 Å². The van der Waals surface area contributed by atoms with E-state index in [1.165, 1.54) is 16.4 Å². The van der Waals surface area contributed by atoms with Gasteiger partial charge in [-0.15, -0.1) is 10.5 Å². The van der Waals surface area contributed by atoms with Crippen LogP contribution >= 0.6 is 0 Å². The number of benzene rings is 2. The van der Waals surface area contributed by atoms with Gasteiger partial charge in [0.25, 0.3) is 0 Å². The van der Waals surface area contributed by atoms with Gasteiger partial charge in [-0.1, -0.05) is 36.4 Å². The number of rotatable bonds is 2. The number of para-hydroxylation sites is 2. The van der Waals surface area contributed by atoms with Crippen molar-refractivity contribution in [2.75, 3.05) is 10.0 Å². The molecule has 0 aromatic heterocycles. The Morgan fingerprint density at radius 1 is 0.737 bits per heavy atom. The highest BCUT2D eigenvalue weighted by Gasteiger charge is 2.27. The first kappa shape index (κ1) is 11.3. The van der Waals surface area contributed by atoms with E-state index in [1.807, 2.05) is 60.7 Å². The average molecular weight is 251 g/mol. The van der Waals surface area contributed by atoms with Crippen LogP contribution in [-0.2, 0) is 0 Å². The highest BCUT2D eigenvalue weighted by Crippen LogP contribution is 2.21. The molecule has 0 saturated heterocycles. The Labute approximate surface area is 110 Å². The quantitative estimate of drug-likeness (QED) is 0.809. The summed E-state index contributed by atoms with van der Waals surface area (Å²) in [5, 5.41) is 6.65. The Bertz CT molecular complexity index is 597. The van der Waals surface area contributed by atoms with E-state index in [0.717, 1.165) is 0 Å². The molecule has 0 aliphatic carbocycles. The maximum atomic E-state index is 12.4. The molecule has 0 N–H and O–H groups in total. The third-order valence-corrected chi connectivity index (χ3v) is 2.70. The van der Waals surface area contributed by atoms with Crippen molar-refractivity contribution in [1.82, 2.24) is 5.43 Å². The number of hydrazone groups is 1. The van der Waals surface area contributed by atoms with Gasteiger partial charge in [0, 0.05) is 0 Å². The number of urea groups is 1. The lowest BCUT2D eigenvalue weighted by atomic mass is 10.3. The van der Waals surface area contributed by atoms with Crippen molar-refractivity contribution in [3.63, 3.8) is 0 Å². The molecule has 93 valence electrons. The van der Waals surface area contributed by atoms with Crippen LogP contribution < -0.4 is 15.4 Å². The molecule has 1 aliphatic heterocycles. The molecular formula is C14H11N4O. The van der Waals surface area contributed by atoms with Gasteiger partial charge in [0.15, 0.2) is 6.34 Å². The predicted octanol–water partition coefficient (Wildman–Crippen LogP) is 2.60. The first-order valence-corrected chi connectivity index (χ1v) is 5.84. The van der Waals surface area contributed by atoms with Crippen LogP contribution in [0.25, 0.3) is 0 Å². The lowest BCUT2D eigenvalue weighted by Crippen LogP contribution is -2.49. The van der Waals surface area contributed by atoms with Crippen LogP contribution in [0.4, 0.5) is 16.2 Å². The Morgan fingerprint density at radius 3 is 1.84 bits per heavy atom. The summed E-state index contributed by atoms with van der Waals surface area (Å²) in [6.07, 6.45) is 1.36. The Morgan fingerprint density at radius 2 is 1.26 bits per heavy atom. The second-order valence-electron chi connectivity index (χ2n) is 3.92. The zero-order chi connectivity index (χ0) is 13.1. The minimum Gasteiger partial charge on any atom is -0.244 e. The van der Waals surface area contributed by atoms with Gasteiger partial charge >= 0.3 is 6.03 Å². The van der Waals surface area contributed by atoms with Crippen molar-refractivity contribution < 1.29 is 4.79 Å². The van der Waals surface area contributed by atoms with E-state index < -0.39 is 0 Å². The molecule has 0 spiro atoms. The molecule has 2 aromatic rings. The van der Waals surface area contributed by atoms with Gasteiger partial charge in [0.2, 0.25) is 0 Å². The van der Waals surface area contributed by atoms with E-state index in [4.69, 9.17) is 0 Å². The Kier molecular flexibility index (Phi) is 2.86. The lowest BCUT2D eigenvalue weighted by molar-refractivity contribution is 0.249. The summed E-state index contributed by atoms with van der Waals surface area (Å²) in [7, 11) is 0. The fourth-order valence-electron chi connectivity index (χ4n) is 1.81. The normalized spacial score (nSPS) is 14.4. The number of anilines is 2. The van der Waals surface area contributed by atoms with Crippen molar-refractivity contribution in [3.8, 4) is 0 Å². The summed E-state index contributed by atoms with van der Waals surface area (Å²) < 4.78 is 0. The molecule has 1 radical (unpaired) electrons. The van der Waals surface area contributed by atoms with Crippen molar-refractivity contribution in [2.24, 2.45) is 5.10 Å². The summed E-state index contributed by atoms with van der Waals surface area (Å²) in [5.41, 5.74) is 5.42. The molecule has 0 bridgehead atoms. The Balaban J connectivity index is 1.92. The molecule has 19 heavy (non-hydrogen) atoms. The van der Waals surface area contributed by atoms with Gasteiger partial charge in [-0.05, 0) is 24.3 Å². The van der Waals surface area contributed by atoms with E-state index in [9.17, 15) is 4.79 Å². The number of amides is 2. The standard InChI is InChI=1S/C14H11N4O/c19-14-17(12-7-3-1-4-8-12)15-11-16-18(14)13-9-5-2-6-10-13/h1-11H. The van der Waals surface area contributed by atoms with Crippen LogP contribution in [0, 0.1) is 0 Å². The highest BCUT2D eigenvalue weighted by atomic mass is 16.2.